The summed E-state index contributed by atoms with van der Waals surface area (Å²) < 4.78 is 0.640. The molecule has 13 heavy (non-hydrogen) atoms. The number of likely N-dealkylation sites (N-methyl/N-ethyl adjacent to an activating group) is 2. The molecule has 2 fully saturated rings. The molecule has 0 aromatic heterocycles. The summed E-state index contributed by atoms with van der Waals surface area (Å²) in [6, 6.07) is 0.305. The molecule has 2 aliphatic rings. The van der Waals surface area contributed by atoms with Crippen molar-refractivity contribution in [2.24, 2.45) is 0 Å². The van der Waals surface area contributed by atoms with Crippen LogP contribution in [0.5, 0.6) is 0 Å². The van der Waals surface area contributed by atoms with Gasteiger partial charge in [0.1, 0.15) is 11.9 Å². The van der Waals surface area contributed by atoms with Gasteiger partial charge in [-0.25, -0.2) is 9.28 Å². The molecule has 4 heteroatoms. The number of carbonyl (C=O) groups is 1. The van der Waals surface area contributed by atoms with Gasteiger partial charge in [0.15, 0.2) is 0 Å². The molecule has 0 aromatic carbocycles. The summed E-state index contributed by atoms with van der Waals surface area (Å²) in [5.74, 6) is 1.23. The Balaban J connectivity index is 2.15. The normalized spacial score (nSPS) is 40.3. The maximum atomic E-state index is 11.9. The van der Waals surface area contributed by atoms with Gasteiger partial charge in [0, 0.05) is 13.5 Å². The SMILES string of the molecule is CN1CC[N+](C)(C2CCCS2)C1=O. The Morgan fingerprint density at radius 2 is 2.38 bits per heavy atom. The van der Waals surface area contributed by atoms with Crippen molar-refractivity contribution in [1.82, 2.24) is 4.90 Å². The zero-order valence-electron chi connectivity index (χ0n) is 8.32. The van der Waals surface area contributed by atoms with Gasteiger partial charge in [-0.1, -0.05) is 11.8 Å². The van der Waals surface area contributed by atoms with Crippen LogP contribution in [0.3, 0.4) is 0 Å². The van der Waals surface area contributed by atoms with E-state index >= 15 is 0 Å². The van der Waals surface area contributed by atoms with Crippen LogP contribution in [-0.2, 0) is 0 Å². The highest BCUT2D eigenvalue weighted by Crippen LogP contribution is 2.35. The van der Waals surface area contributed by atoms with Gasteiger partial charge in [-0.2, -0.15) is 0 Å². The molecule has 2 amide bonds. The van der Waals surface area contributed by atoms with Gasteiger partial charge in [0.05, 0.1) is 13.6 Å². The minimum atomic E-state index is 0.305. The molecule has 0 aromatic rings. The lowest BCUT2D eigenvalue weighted by Crippen LogP contribution is -2.52. The summed E-state index contributed by atoms with van der Waals surface area (Å²) >= 11 is 1.97. The molecule has 3 nitrogen and oxygen atoms in total. The van der Waals surface area contributed by atoms with Gasteiger partial charge in [0.25, 0.3) is 0 Å². The van der Waals surface area contributed by atoms with Crippen LogP contribution in [-0.4, -0.2) is 53.7 Å². The Morgan fingerprint density at radius 1 is 1.62 bits per heavy atom. The Hall–Kier alpha value is -0.220. The van der Waals surface area contributed by atoms with Crippen molar-refractivity contribution in [2.75, 3.05) is 32.9 Å². The van der Waals surface area contributed by atoms with E-state index in [1.807, 2.05) is 23.7 Å². The van der Waals surface area contributed by atoms with Crippen LogP contribution in [0.15, 0.2) is 0 Å². The molecule has 2 rings (SSSR count). The molecular weight excluding hydrogens is 184 g/mol. The van der Waals surface area contributed by atoms with E-state index in [1.54, 1.807) is 0 Å². The van der Waals surface area contributed by atoms with Gasteiger partial charge in [-0.15, -0.1) is 0 Å². The van der Waals surface area contributed by atoms with E-state index in [4.69, 9.17) is 0 Å². The van der Waals surface area contributed by atoms with Gasteiger partial charge in [-0.3, -0.25) is 4.90 Å². The zero-order chi connectivity index (χ0) is 9.47. The summed E-state index contributed by atoms with van der Waals surface area (Å²) in [6.07, 6.45) is 2.49. The summed E-state index contributed by atoms with van der Waals surface area (Å²) in [5, 5.41) is 0.525. The fourth-order valence-electron chi connectivity index (χ4n) is 2.22. The van der Waals surface area contributed by atoms with Crippen molar-refractivity contribution in [1.29, 1.82) is 0 Å². The standard InChI is InChI=1S/C9H17N2OS/c1-10-5-6-11(2,9(10)12)8-4-3-7-13-8/h8H,3-7H2,1-2H3/q+1. The minimum absolute atomic E-state index is 0.305. The van der Waals surface area contributed by atoms with E-state index in [9.17, 15) is 4.79 Å². The molecule has 0 saturated carbocycles. The lowest BCUT2D eigenvalue weighted by molar-refractivity contribution is -0.831. The minimum Gasteiger partial charge on any atom is -0.290 e. The molecule has 2 saturated heterocycles. The highest BCUT2D eigenvalue weighted by atomic mass is 32.2. The van der Waals surface area contributed by atoms with Crippen LogP contribution in [0.4, 0.5) is 4.79 Å². The average molecular weight is 201 g/mol. The maximum Gasteiger partial charge on any atom is 0.419 e. The Kier molecular flexibility index (Phi) is 2.28. The molecule has 0 radical (unpaired) electrons. The molecule has 2 aliphatic heterocycles. The third kappa shape index (κ3) is 1.36. The lowest BCUT2D eigenvalue weighted by Gasteiger charge is -2.31. The van der Waals surface area contributed by atoms with Crippen molar-refractivity contribution < 1.29 is 9.28 Å². The van der Waals surface area contributed by atoms with E-state index in [0.29, 0.717) is 15.9 Å². The van der Waals surface area contributed by atoms with Crippen molar-refractivity contribution >= 4 is 17.8 Å². The van der Waals surface area contributed by atoms with Gasteiger partial charge >= 0.3 is 6.03 Å². The Morgan fingerprint density at radius 3 is 2.85 bits per heavy atom. The fraction of sp³-hybridized carbons (Fsp3) is 0.889. The average Bonchev–Trinajstić information content (AvgIpc) is 2.71. The van der Waals surface area contributed by atoms with Crippen molar-refractivity contribution in [3.63, 3.8) is 0 Å². The van der Waals surface area contributed by atoms with Crippen LogP contribution in [0.1, 0.15) is 12.8 Å². The molecule has 0 bridgehead atoms. The number of hydrogen-bond acceptors (Lipinski definition) is 2. The number of rotatable bonds is 1. The summed E-state index contributed by atoms with van der Waals surface area (Å²) in [7, 11) is 4.00. The third-order valence-electron chi connectivity index (χ3n) is 3.20. The fourth-order valence-corrected chi connectivity index (χ4v) is 3.68. The van der Waals surface area contributed by atoms with Crippen LogP contribution in [0, 0.1) is 0 Å². The summed E-state index contributed by atoms with van der Waals surface area (Å²) in [5.41, 5.74) is 0. The van der Waals surface area contributed by atoms with Crippen LogP contribution in [0.25, 0.3) is 0 Å². The first-order valence-electron chi connectivity index (χ1n) is 4.87. The maximum absolute atomic E-state index is 11.9. The first-order chi connectivity index (χ1) is 6.14. The summed E-state index contributed by atoms with van der Waals surface area (Å²) in [6.45, 7) is 1.92. The molecule has 0 spiro atoms. The van der Waals surface area contributed by atoms with E-state index in [1.165, 1.54) is 18.6 Å². The Bertz CT molecular complexity index is 228. The largest absolute Gasteiger partial charge is 0.419 e. The second-order valence-electron chi connectivity index (χ2n) is 4.16. The van der Waals surface area contributed by atoms with E-state index < -0.39 is 0 Å². The van der Waals surface area contributed by atoms with Crippen molar-refractivity contribution in [2.45, 2.75) is 18.2 Å². The first kappa shape index (κ1) is 9.34. The monoisotopic (exact) mass is 201 g/mol. The molecule has 2 heterocycles. The predicted molar refractivity (Wildman–Crippen MR) is 54.6 cm³/mol. The van der Waals surface area contributed by atoms with E-state index in [0.717, 1.165) is 13.1 Å². The zero-order valence-corrected chi connectivity index (χ0v) is 9.14. The number of urea groups is 1. The molecule has 0 N–H and O–H groups in total. The smallest absolute Gasteiger partial charge is 0.290 e. The van der Waals surface area contributed by atoms with Crippen molar-refractivity contribution in [3.05, 3.63) is 0 Å². The molecule has 0 aliphatic carbocycles. The number of nitrogens with zero attached hydrogens (tertiary/aromatic N) is 2. The van der Waals surface area contributed by atoms with Crippen molar-refractivity contribution in [3.8, 4) is 0 Å². The molecular formula is C9H17N2OS+. The number of thioether (sulfide) groups is 1. The van der Waals surface area contributed by atoms with E-state index in [2.05, 4.69) is 7.05 Å². The highest BCUT2D eigenvalue weighted by molar-refractivity contribution is 7.99. The lowest BCUT2D eigenvalue weighted by atomic mass is 10.3. The van der Waals surface area contributed by atoms with Gasteiger partial charge in [-0.05, 0) is 12.2 Å². The van der Waals surface area contributed by atoms with E-state index in [-0.39, 0.29) is 0 Å². The molecule has 74 valence electrons. The van der Waals surface area contributed by atoms with Gasteiger partial charge in [0.2, 0.25) is 0 Å². The summed E-state index contributed by atoms with van der Waals surface area (Å²) in [4.78, 5) is 13.8. The quantitative estimate of drug-likeness (QED) is 0.597. The number of carbonyl (C=O) groups excluding carboxylic acids is 1. The second kappa shape index (κ2) is 3.17. The van der Waals surface area contributed by atoms with Crippen LogP contribution in [0.2, 0.25) is 0 Å². The van der Waals surface area contributed by atoms with Crippen LogP contribution >= 0.6 is 11.8 Å². The molecule has 2 atom stereocenters. The number of quaternary nitrogens is 1. The third-order valence-corrected chi connectivity index (χ3v) is 4.81. The Labute approximate surface area is 83.7 Å². The van der Waals surface area contributed by atoms with Gasteiger partial charge < -0.3 is 0 Å². The highest BCUT2D eigenvalue weighted by Gasteiger charge is 2.48. The molecule has 2 unspecified atom stereocenters. The topological polar surface area (TPSA) is 20.3 Å². The van der Waals surface area contributed by atoms with Crippen LogP contribution < -0.4 is 0 Å². The second-order valence-corrected chi connectivity index (χ2v) is 5.45. The number of hydrogen-bond donors (Lipinski definition) is 0. The number of amides is 2. The first-order valence-corrected chi connectivity index (χ1v) is 5.92. The predicted octanol–water partition coefficient (Wildman–Crippen LogP) is 1.35.